The summed E-state index contributed by atoms with van der Waals surface area (Å²) in [5.74, 6) is 0. The second-order valence-electron chi connectivity index (χ2n) is 3.96. The first-order valence-electron chi connectivity index (χ1n) is 5.24. The van der Waals surface area contributed by atoms with Crippen molar-refractivity contribution in [3.05, 3.63) is 33.6 Å². The fraction of sp³-hybridized carbons (Fsp3) is 0.250. The van der Waals surface area contributed by atoms with Gasteiger partial charge >= 0.3 is 0 Å². The van der Waals surface area contributed by atoms with Crippen molar-refractivity contribution >= 4 is 39.7 Å². The van der Waals surface area contributed by atoms with Crippen molar-refractivity contribution in [3.8, 4) is 11.3 Å². The third kappa shape index (κ3) is 3.12. The number of hydrogen-bond donors (Lipinski definition) is 1. The highest BCUT2D eigenvalue weighted by Gasteiger charge is 2.09. The first-order chi connectivity index (χ1) is 8.06. The van der Waals surface area contributed by atoms with Gasteiger partial charge in [-0.1, -0.05) is 23.2 Å². The number of rotatable bonds is 3. The molecule has 0 spiro atoms. The Bertz CT molecular complexity index is 523. The van der Waals surface area contributed by atoms with Crippen LogP contribution in [0, 0.1) is 0 Å². The van der Waals surface area contributed by atoms with Crippen molar-refractivity contribution in [2.75, 3.05) is 5.32 Å². The van der Waals surface area contributed by atoms with Gasteiger partial charge < -0.3 is 5.32 Å². The summed E-state index contributed by atoms with van der Waals surface area (Å²) in [5, 5.41) is 7.41. The van der Waals surface area contributed by atoms with Crippen molar-refractivity contribution < 1.29 is 0 Å². The Morgan fingerprint density at radius 1 is 1.29 bits per heavy atom. The van der Waals surface area contributed by atoms with Gasteiger partial charge in [-0.25, -0.2) is 4.98 Å². The quantitative estimate of drug-likeness (QED) is 0.865. The van der Waals surface area contributed by atoms with E-state index in [-0.39, 0.29) is 0 Å². The second kappa shape index (κ2) is 5.25. The third-order valence-electron chi connectivity index (χ3n) is 2.12. The maximum atomic E-state index is 6.14. The van der Waals surface area contributed by atoms with E-state index in [0.717, 1.165) is 16.4 Å². The van der Waals surface area contributed by atoms with Crippen LogP contribution in [0.25, 0.3) is 11.3 Å². The Morgan fingerprint density at radius 3 is 2.71 bits per heavy atom. The molecule has 0 aliphatic carbocycles. The van der Waals surface area contributed by atoms with E-state index in [2.05, 4.69) is 24.1 Å². The van der Waals surface area contributed by atoms with Crippen molar-refractivity contribution in [1.82, 2.24) is 4.98 Å². The van der Waals surface area contributed by atoms with Crippen LogP contribution >= 0.6 is 34.5 Å². The molecule has 0 radical (unpaired) electrons. The number of anilines is 1. The van der Waals surface area contributed by atoms with Crippen LogP contribution < -0.4 is 5.32 Å². The summed E-state index contributed by atoms with van der Waals surface area (Å²) in [7, 11) is 0. The number of hydrogen-bond acceptors (Lipinski definition) is 3. The van der Waals surface area contributed by atoms with Crippen LogP contribution in [0.4, 0.5) is 5.13 Å². The Labute approximate surface area is 115 Å². The molecule has 2 rings (SSSR count). The zero-order chi connectivity index (χ0) is 12.4. The Morgan fingerprint density at radius 2 is 2.06 bits per heavy atom. The average molecular weight is 287 g/mol. The predicted octanol–water partition coefficient (Wildman–Crippen LogP) is 4.94. The molecule has 0 bridgehead atoms. The summed E-state index contributed by atoms with van der Waals surface area (Å²) in [6.07, 6.45) is 0. The fourth-order valence-electron chi connectivity index (χ4n) is 1.41. The topological polar surface area (TPSA) is 24.9 Å². The molecule has 90 valence electrons. The maximum absolute atomic E-state index is 6.14. The molecule has 2 nitrogen and oxygen atoms in total. The SMILES string of the molecule is CC(C)Nc1nc(-c2ccc(Cl)cc2Cl)cs1. The normalized spacial score (nSPS) is 10.9. The second-order valence-corrected chi connectivity index (χ2v) is 5.66. The number of halogens is 2. The van der Waals surface area contributed by atoms with Crippen LogP contribution in [0.15, 0.2) is 23.6 Å². The van der Waals surface area contributed by atoms with E-state index in [4.69, 9.17) is 23.2 Å². The summed E-state index contributed by atoms with van der Waals surface area (Å²) >= 11 is 13.6. The number of thiazole rings is 1. The Hall–Kier alpha value is -0.770. The van der Waals surface area contributed by atoms with Gasteiger partial charge in [-0.3, -0.25) is 0 Å². The molecule has 1 heterocycles. The van der Waals surface area contributed by atoms with Gasteiger partial charge in [0.05, 0.1) is 10.7 Å². The molecule has 0 unspecified atom stereocenters. The number of aromatic nitrogens is 1. The fourth-order valence-corrected chi connectivity index (χ4v) is 2.77. The van der Waals surface area contributed by atoms with Gasteiger partial charge in [-0.05, 0) is 32.0 Å². The molecular formula is C12H12Cl2N2S. The highest BCUT2D eigenvalue weighted by Crippen LogP contribution is 2.32. The molecule has 1 aromatic carbocycles. The first kappa shape index (κ1) is 12.7. The summed E-state index contributed by atoms with van der Waals surface area (Å²) < 4.78 is 0. The monoisotopic (exact) mass is 286 g/mol. The van der Waals surface area contributed by atoms with Crippen LogP contribution in [0.5, 0.6) is 0 Å². The van der Waals surface area contributed by atoms with Crippen LogP contribution in [0.2, 0.25) is 10.0 Å². The molecule has 0 amide bonds. The number of nitrogens with one attached hydrogen (secondary N) is 1. The molecular weight excluding hydrogens is 275 g/mol. The van der Waals surface area contributed by atoms with Crippen molar-refractivity contribution in [3.63, 3.8) is 0 Å². The molecule has 1 aromatic heterocycles. The van der Waals surface area contributed by atoms with Crippen LogP contribution in [-0.4, -0.2) is 11.0 Å². The van der Waals surface area contributed by atoms with E-state index < -0.39 is 0 Å². The standard InChI is InChI=1S/C12H12Cl2N2S/c1-7(2)15-12-16-11(6-17-12)9-4-3-8(13)5-10(9)14/h3-7H,1-2H3,(H,15,16). The van der Waals surface area contributed by atoms with E-state index in [1.165, 1.54) is 0 Å². The van der Waals surface area contributed by atoms with Crippen LogP contribution in [0.3, 0.4) is 0 Å². The van der Waals surface area contributed by atoms with E-state index in [1.807, 2.05) is 17.5 Å². The Balaban J connectivity index is 2.30. The minimum Gasteiger partial charge on any atom is -0.359 e. The molecule has 0 saturated heterocycles. The molecule has 5 heteroatoms. The zero-order valence-electron chi connectivity index (χ0n) is 9.50. The van der Waals surface area contributed by atoms with E-state index in [0.29, 0.717) is 16.1 Å². The van der Waals surface area contributed by atoms with Crippen molar-refractivity contribution in [2.24, 2.45) is 0 Å². The lowest BCUT2D eigenvalue weighted by molar-refractivity contribution is 0.897. The van der Waals surface area contributed by atoms with Gasteiger partial charge in [-0.2, -0.15) is 0 Å². The zero-order valence-corrected chi connectivity index (χ0v) is 11.8. The third-order valence-corrected chi connectivity index (χ3v) is 3.44. The molecule has 0 saturated carbocycles. The molecule has 0 atom stereocenters. The maximum Gasteiger partial charge on any atom is 0.183 e. The molecule has 2 aromatic rings. The summed E-state index contributed by atoms with van der Waals surface area (Å²) in [5.41, 5.74) is 1.78. The van der Waals surface area contributed by atoms with Crippen LogP contribution in [-0.2, 0) is 0 Å². The van der Waals surface area contributed by atoms with Gasteiger partial charge in [0.25, 0.3) is 0 Å². The number of benzene rings is 1. The molecule has 0 fully saturated rings. The van der Waals surface area contributed by atoms with Gasteiger partial charge in [0.2, 0.25) is 0 Å². The average Bonchev–Trinajstić information content (AvgIpc) is 2.65. The highest BCUT2D eigenvalue weighted by molar-refractivity contribution is 7.14. The summed E-state index contributed by atoms with van der Waals surface area (Å²) in [6.45, 7) is 4.16. The van der Waals surface area contributed by atoms with Crippen molar-refractivity contribution in [2.45, 2.75) is 19.9 Å². The largest absolute Gasteiger partial charge is 0.359 e. The van der Waals surface area contributed by atoms with Gasteiger partial charge in [0.1, 0.15) is 0 Å². The predicted molar refractivity (Wildman–Crippen MR) is 76.3 cm³/mol. The summed E-state index contributed by atoms with van der Waals surface area (Å²) in [4.78, 5) is 4.49. The highest BCUT2D eigenvalue weighted by atomic mass is 35.5. The number of nitrogens with zero attached hydrogens (tertiary/aromatic N) is 1. The minimum atomic E-state index is 0.370. The smallest absolute Gasteiger partial charge is 0.183 e. The molecule has 17 heavy (non-hydrogen) atoms. The molecule has 0 aliphatic heterocycles. The van der Waals surface area contributed by atoms with E-state index in [9.17, 15) is 0 Å². The molecule has 1 N–H and O–H groups in total. The lowest BCUT2D eigenvalue weighted by Crippen LogP contribution is -2.08. The minimum absolute atomic E-state index is 0.370. The van der Waals surface area contributed by atoms with E-state index in [1.54, 1.807) is 17.4 Å². The van der Waals surface area contributed by atoms with Gasteiger partial charge in [0, 0.05) is 22.0 Å². The summed E-state index contributed by atoms with van der Waals surface area (Å²) in [6, 6.07) is 5.80. The first-order valence-corrected chi connectivity index (χ1v) is 6.87. The lowest BCUT2D eigenvalue weighted by atomic mass is 10.2. The van der Waals surface area contributed by atoms with E-state index >= 15 is 0 Å². The molecule has 0 aliphatic rings. The lowest BCUT2D eigenvalue weighted by Gasteiger charge is -2.05. The van der Waals surface area contributed by atoms with Gasteiger partial charge in [-0.15, -0.1) is 11.3 Å². The van der Waals surface area contributed by atoms with Gasteiger partial charge in [0.15, 0.2) is 5.13 Å². The van der Waals surface area contributed by atoms with Crippen LogP contribution in [0.1, 0.15) is 13.8 Å². The Kier molecular flexibility index (Phi) is 3.92. The van der Waals surface area contributed by atoms with Crippen molar-refractivity contribution in [1.29, 1.82) is 0 Å².